The molecule has 1 fully saturated rings. The van der Waals surface area contributed by atoms with Gasteiger partial charge in [0.2, 0.25) is 0 Å². The van der Waals surface area contributed by atoms with Crippen LogP contribution in [0.4, 0.5) is 0 Å². The second-order valence-corrected chi connectivity index (χ2v) is 12.1. The Bertz CT molecular complexity index is 588. The van der Waals surface area contributed by atoms with Crippen LogP contribution in [0.25, 0.3) is 0 Å². The fourth-order valence-electron chi connectivity index (χ4n) is 3.61. The van der Waals surface area contributed by atoms with Gasteiger partial charge in [-0.25, -0.2) is 0 Å². The van der Waals surface area contributed by atoms with Crippen LogP contribution in [0.3, 0.4) is 0 Å². The number of rotatable bonds is 4. The number of hydrogen-bond acceptors (Lipinski definition) is 1. The lowest BCUT2D eigenvalue weighted by molar-refractivity contribution is 0.00427. The lowest BCUT2D eigenvalue weighted by atomic mass is 9.70. The first-order valence-electron chi connectivity index (χ1n) is 8.73. The van der Waals surface area contributed by atoms with E-state index in [4.69, 9.17) is 4.43 Å². The topological polar surface area (TPSA) is 9.23 Å². The van der Waals surface area contributed by atoms with E-state index in [1.165, 1.54) is 24.8 Å². The van der Waals surface area contributed by atoms with Gasteiger partial charge in [0.15, 0.2) is 8.32 Å². The Morgan fingerprint density at radius 2 is 1.96 bits per heavy atom. The van der Waals surface area contributed by atoms with Crippen molar-refractivity contribution in [2.45, 2.75) is 64.3 Å². The molecule has 2 atom stereocenters. The molecule has 0 spiro atoms. The van der Waals surface area contributed by atoms with Gasteiger partial charge in [-0.05, 0) is 57.1 Å². The van der Waals surface area contributed by atoms with Gasteiger partial charge in [0, 0.05) is 17.9 Å². The highest BCUT2D eigenvalue weighted by molar-refractivity contribution is 6.69. The van der Waals surface area contributed by atoms with E-state index in [-0.39, 0.29) is 5.60 Å². The molecule has 0 saturated heterocycles. The normalized spacial score (nSPS) is 24.6. The van der Waals surface area contributed by atoms with Gasteiger partial charge in [0.05, 0.1) is 5.60 Å². The Kier molecular flexibility index (Phi) is 5.89. The summed E-state index contributed by atoms with van der Waals surface area (Å²) >= 11 is 0. The molecule has 1 aliphatic carbocycles. The van der Waals surface area contributed by atoms with E-state index < -0.39 is 8.32 Å². The van der Waals surface area contributed by atoms with Crippen molar-refractivity contribution in [3.63, 3.8) is 0 Å². The first-order valence-corrected chi connectivity index (χ1v) is 12.1. The van der Waals surface area contributed by atoms with Crippen molar-refractivity contribution < 1.29 is 4.43 Å². The summed E-state index contributed by atoms with van der Waals surface area (Å²) in [7, 11) is -1.63. The quantitative estimate of drug-likeness (QED) is 0.387. The third kappa shape index (κ3) is 4.83. The summed E-state index contributed by atoms with van der Waals surface area (Å²) in [6.07, 6.45) is 5.71. The van der Waals surface area contributed by atoms with Crippen LogP contribution in [-0.4, -0.2) is 13.9 Å². The van der Waals surface area contributed by atoms with E-state index in [0.29, 0.717) is 5.92 Å². The minimum absolute atomic E-state index is 0.159. The van der Waals surface area contributed by atoms with Gasteiger partial charge in [-0.15, -0.1) is 0 Å². The molecule has 0 bridgehead atoms. The van der Waals surface area contributed by atoms with Crippen molar-refractivity contribution in [2.24, 2.45) is 5.92 Å². The summed E-state index contributed by atoms with van der Waals surface area (Å²) in [6, 6.07) is 10.2. The highest BCUT2D eigenvalue weighted by Crippen LogP contribution is 2.44. The lowest BCUT2D eigenvalue weighted by Gasteiger charge is -2.48. The molecule has 0 aliphatic heterocycles. The average Bonchev–Trinajstić information content (AvgIpc) is 2.48. The van der Waals surface area contributed by atoms with Crippen LogP contribution < -0.4 is 0 Å². The summed E-state index contributed by atoms with van der Waals surface area (Å²) in [6.45, 7) is 13.3. The molecule has 2 rings (SSSR count). The fourth-order valence-corrected chi connectivity index (χ4v) is 5.15. The van der Waals surface area contributed by atoms with E-state index in [1.54, 1.807) is 0 Å². The Balaban J connectivity index is 2.19. The van der Waals surface area contributed by atoms with E-state index in [2.05, 4.69) is 57.1 Å². The average molecular weight is 327 g/mol. The molecule has 0 heterocycles. The second-order valence-electron chi connectivity index (χ2n) is 7.70. The molecule has 124 valence electrons. The predicted molar refractivity (Wildman–Crippen MR) is 102 cm³/mol. The largest absolute Gasteiger partial charge is 0.408 e. The predicted octanol–water partition coefficient (Wildman–Crippen LogP) is 5.78. The van der Waals surface area contributed by atoms with Crippen LogP contribution >= 0.6 is 0 Å². The van der Waals surface area contributed by atoms with Gasteiger partial charge >= 0.3 is 0 Å². The Morgan fingerprint density at radius 1 is 1.26 bits per heavy atom. The molecule has 1 nitrogen and oxygen atoms in total. The second kappa shape index (κ2) is 7.51. The monoisotopic (exact) mass is 326 g/mol. The lowest BCUT2D eigenvalue weighted by Crippen LogP contribution is -2.50. The minimum Gasteiger partial charge on any atom is -0.408 e. The van der Waals surface area contributed by atoms with Crippen molar-refractivity contribution >= 4 is 8.32 Å². The minimum atomic E-state index is -1.63. The number of hydrogen-bond donors (Lipinski definition) is 0. The Labute approximate surface area is 143 Å². The van der Waals surface area contributed by atoms with Crippen molar-refractivity contribution in [3.05, 3.63) is 48.0 Å². The van der Waals surface area contributed by atoms with Gasteiger partial charge in [-0.2, -0.15) is 0 Å². The van der Waals surface area contributed by atoms with Crippen molar-refractivity contribution in [1.29, 1.82) is 0 Å². The standard InChI is InChI=1S/C21H30OSi/c1-18(2)21(22-23(3,4)5)17-10-9-15-20(21)16-11-14-19-12-7-6-8-13-19/h6-8,12-13,20H,1,9-10,15-17H2,2-5H3. The zero-order chi connectivity index (χ0) is 16.9. The molecule has 1 saturated carbocycles. The third-order valence-corrected chi connectivity index (χ3v) is 5.55. The maximum absolute atomic E-state index is 6.71. The zero-order valence-corrected chi connectivity index (χ0v) is 16.1. The van der Waals surface area contributed by atoms with Gasteiger partial charge in [0.1, 0.15) is 0 Å². The van der Waals surface area contributed by atoms with Gasteiger partial charge in [-0.1, -0.05) is 49.5 Å². The van der Waals surface area contributed by atoms with Crippen LogP contribution in [0.15, 0.2) is 42.5 Å². The van der Waals surface area contributed by atoms with E-state index in [0.717, 1.165) is 18.4 Å². The van der Waals surface area contributed by atoms with Crippen LogP contribution in [-0.2, 0) is 4.43 Å². The maximum Gasteiger partial charge on any atom is 0.184 e. The summed E-state index contributed by atoms with van der Waals surface area (Å²) < 4.78 is 6.71. The van der Waals surface area contributed by atoms with E-state index in [1.807, 2.05) is 18.2 Å². The molecular weight excluding hydrogens is 296 g/mol. The van der Waals surface area contributed by atoms with Gasteiger partial charge < -0.3 is 4.43 Å². The van der Waals surface area contributed by atoms with Crippen LogP contribution in [0.1, 0.15) is 44.6 Å². The first-order chi connectivity index (χ1) is 10.8. The molecule has 1 aromatic rings. The molecule has 23 heavy (non-hydrogen) atoms. The molecule has 1 aromatic carbocycles. The molecule has 2 heteroatoms. The van der Waals surface area contributed by atoms with Crippen molar-refractivity contribution in [3.8, 4) is 11.8 Å². The summed E-state index contributed by atoms with van der Waals surface area (Å²) in [5, 5.41) is 0. The van der Waals surface area contributed by atoms with Crippen molar-refractivity contribution in [2.75, 3.05) is 0 Å². The molecule has 0 amide bonds. The van der Waals surface area contributed by atoms with E-state index >= 15 is 0 Å². The van der Waals surface area contributed by atoms with Crippen LogP contribution in [0.2, 0.25) is 19.6 Å². The fraction of sp³-hybridized carbons (Fsp3) is 0.524. The highest BCUT2D eigenvalue weighted by Gasteiger charge is 2.44. The summed E-state index contributed by atoms with van der Waals surface area (Å²) in [5.41, 5.74) is 2.12. The third-order valence-electron chi connectivity index (χ3n) is 4.58. The highest BCUT2D eigenvalue weighted by atomic mass is 28.4. The molecular formula is C21H30OSi. The maximum atomic E-state index is 6.71. The molecule has 0 aromatic heterocycles. The van der Waals surface area contributed by atoms with Crippen LogP contribution in [0.5, 0.6) is 0 Å². The SMILES string of the molecule is C=C(C)C1(O[Si](C)(C)C)CCCCC1CC#Cc1ccccc1. The van der Waals surface area contributed by atoms with Gasteiger partial charge in [-0.3, -0.25) is 0 Å². The first kappa shape index (κ1) is 18.0. The molecule has 2 unspecified atom stereocenters. The van der Waals surface area contributed by atoms with E-state index in [9.17, 15) is 0 Å². The molecule has 0 N–H and O–H groups in total. The zero-order valence-electron chi connectivity index (χ0n) is 15.1. The summed E-state index contributed by atoms with van der Waals surface area (Å²) in [5.74, 6) is 7.19. The van der Waals surface area contributed by atoms with Crippen LogP contribution in [0, 0.1) is 17.8 Å². The molecule has 0 radical (unpaired) electrons. The van der Waals surface area contributed by atoms with Gasteiger partial charge in [0.25, 0.3) is 0 Å². The molecule has 1 aliphatic rings. The Morgan fingerprint density at radius 3 is 2.57 bits per heavy atom. The number of benzene rings is 1. The smallest absolute Gasteiger partial charge is 0.184 e. The Hall–Kier alpha value is -1.30. The summed E-state index contributed by atoms with van der Waals surface area (Å²) in [4.78, 5) is 0. The van der Waals surface area contributed by atoms with Crippen molar-refractivity contribution in [1.82, 2.24) is 0 Å².